The van der Waals surface area contributed by atoms with Crippen molar-refractivity contribution in [3.8, 4) is 5.75 Å². The van der Waals surface area contributed by atoms with E-state index in [-0.39, 0.29) is 0 Å². The number of hydrogen-bond acceptors (Lipinski definition) is 2. The average Bonchev–Trinajstić information content (AvgIpc) is 3.19. The quantitative estimate of drug-likeness (QED) is 0.724. The van der Waals surface area contributed by atoms with E-state index >= 15 is 0 Å². The molecule has 1 aromatic carbocycles. The van der Waals surface area contributed by atoms with Gasteiger partial charge >= 0.3 is 0 Å². The van der Waals surface area contributed by atoms with Crippen LogP contribution in [0.1, 0.15) is 44.6 Å². The van der Waals surface area contributed by atoms with E-state index in [0.29, 0.717) is 0 Å². The molecule has 1 aliphatic rings. The molecule has 2 rings (SSSR count). The van der Waals surface area contributed by atoms with Crippen molar-refractivity contribution in [3.05, 3.63) is 28.2 Å². The summed E-state index contributed by atoms with van der Waals surface area (Å²) in [5.41, 5.74) is 1.29. The fourth-order valence-electron chi connectivity index (χ4n) is 1.86. The normalized spacial score (nSPS) is 14.8. The summed E-state index contributed by atoms with van der Waals surface area (Å²) in [6.45, 7) is 3.96. The Morgan fingerprint density at radius 1 is 1.33 bits per heavy atom. The zero-order valence-electron chi connectivity index (χ0n) is 11.0. The maximum atomic E-state index is 5.78. The number of nitrogens with one attached hydrogen (secondary N) is 1. The molecule has 0 saturated heterocycles. The van der Waals surface area contributed by atoms with Crippen molar-refractivity contribution < 1.29 is 4.74 Å². The van der Waals surface area contributed by atoms with E-state index in [4.69, 9.17) is 4.74 Å². The molecule has 0 amide bonds. The first kappa shape index (κ1) is 13.9. The summed E-state index contributed by atoms with van der Waals surface area (Å²) in [7, 11) is 0. The molecule has 18 heavy (non-hydrogen) atoms. The van der Waals surface area contributed by atoms with Gasteiger partial charge in [0.1, 0.15) is 5.75 Å². The van der Waals surface area contributed by atoms with E-state index in [1.165, 1.54) is 31.2 Å². The van der Waals surface area contributed by atoms with Crippen LogP contribution in [0.2, 0.25) is 0 Å². The van der Waals surface area contributed by atoms with Gasteiger partial charge in [0.2, 0.25) is 0 Å². The van der Waals surface area contributed by atoms with Crippen molar-refractivity contribution in [1.29, 1.82) is 0 Å². The lowest BCUT2D eigenvalue weighted by Gasteiger charge is -2.10. The van der Waals surface area contributed by atoms with Gasteiger partial charge in [-0.05, 0) is 43.0 Å². The summed E-state index contributed by atoms with van der Waals surface area (Å²) < 4.78 is 6.94. The zero-order valence-corrected chi connectivity index (χ0v) is 12.6. The van der Waals surface area contributed by atoms with Crippen LogP contribution in [0.5, 0.6) is 5.75 Å². The van der Waals surface area contributed by atoms with Gasteiger partial charge in [0.25, 0.3) is 0 Å². The molecule has 2 nitrogen and oxygen atoms in total. The fraction of sp³-hybridized carbons (Fsp3) is 0.600. The standard InChI is InChI=1S/C15H22BrNO/c1-2-3-4-9-18-14-7-8-15(16)12(10-14)11-17-13-5-6-13/h7-8,10,13,17H,2-6,9,11H2,1H3. The summed E-state index contributed by atoms with van der Waals surface area (Å²) in [6, 6.07) is 7.01. The largest absolute Gasteiger partial charge is 0.494 e. The summed E-state index contributed by atoms with van der Waals surface area (Å²) in [4.78, 5) is 0. The molecule has 0 radical (unpaired) electrons. The number of benzene rings is 1. The Balaban J connectivity index is 1.83. The van der Waals surface area contributed by atoms with E-state index in [0.717, 1.165) is 35.8 Å². The Kier molecular flexibility index (Phi) is 5.51. The maximum absolute atomic E-state index is 5.78. The molecule has 0 atom stereocenters. The van der Waals surface area contributed by atoms with Crippen LogP contribution in [0.3, 0.4) is 0 Å². The van der Waals surface area contributed by atoms with E-state index in [2.05, 4.69) is 40.3 Å². The first-order valence-corrected chi connectivity index (χ1v) is 7.73. The van der Waals surface area contributed by atoms with E-state index in [9.17, 15) is 0 Å². The molecule has 0 aromatic heterocycles. The molecule has 0 aliphatic heterocycles. The van der Waals surface area contributed by atoms with Crippen molar-refractivity contribution in [2.24, 2.45) is 0 Å². The lowest BCUT2D eigenvalue weighted by molar-refractivity contribution is 0.306. The summed E-state index contributed by atoms with van der Waals surface area (Å²) in [5, 5.41) is 3.53. The predicted molar refractivity (Wildman–Crippen MR) is 79.0 cm³/mol. The third kappa shape index (κ3) is 4.62. The third-order valence-electron chi connectivity index (χ3n) is 3.19. The van der Waals surface area contributed by atoms with Crippen molar-refractivity contribution >= 4 is 15.9 Å². The van der Waals surface area contributed by atoms with Crippen LogP contribution < -0.4 is 10.1 Å². The van der Waals surface area contributed by atoms with Gasteiger partial charge in [-0.3, -0.25) is 0 Å². The van der Waals surface area contributed by atoms with Gasteiger partial charge in [-0.2, -0.15) is 0 Å². The van der Waals surface area contributed by atoms with Crippen molar-refractivity contribution in [3.63, 3.8) is 0 Å². The Labute approximate surface area is 118 Å². The van der Waals surface area contributed by atoms with Crippen LogP contribution in [-0.2, 0) is 6.54 Å². The summed E-state index contributed by atoms with van der Waals surface area (Å²) in [6.07, 6.45) is 6.27. The van der Waals surface area contributed by atoms with E-state index in [1.807, 2.05) is 6.07 Å². The molecule has 1 fully saturated rings. The van der Waals surface area contributed by atoms with Crippen LogP contribution in [-0.4, -0.2) is 12.6 Å². The Hall–Kier alpha value is -0.540. The van der Waals surface area contributed by atoms with Crippen LogP contribution in [0, 0.1) is 0 Å². The zero-order chi connectivity index (χ0) is 12.8. The van der Waals surface area contributed by atoms with Crippen LogP contribution in [0.4, 0.5) is 0 Å². The van der Waals surface area contributed by atoms with Gasteiger partial charge in [0.15, 0.2) is 0 Å². The number of hydrogen-bond donors (Lipinski definition) is 1. The maximum Gasteiger partial charge on any atom is 0.119 e. The lowest BCUT2D eigenvalue weighted by Crippen LogP contribution is -2.15. The Morgan fingerprint density at radius 2 is 2.17 bits per heavy atom. The average molecular weight is 312 g/mol. The molecule has 100 valence electrons. The van der Waals surface area contributed by atoms with Gasteiger partial charge in [0.05, 0.1) is 6.61 Å². The molecular formula is C15H22BrNO. The minimum Gasteiger partial charge on any atom is -0.494 e. The molecule has 0 heterocycles. The molecule has 1 saturated carbocycles. The first-order chi connectivity index (χ1) is 8.79. The number of ether oxygens (including phenoxy) is 1. The van der Waals surface area contributed by atoms with Gasteiger partial charge < -0.3 is 10.1 Å². The highest BCUT2D eigenvalue weighted by atomic mass is 79.9. The first-order valence-electron chi connectivity index (χ1n) is 6.94. The molecular weight excluding hydrogens is 290 g/mol. The third-order valence-corrected chi connectivity index (χ3v) is 3.97. The van der Waals surface area contributed by atoms with Crippen LogP contribution in [0.25, 0.3) is 0 Å². The molecule has 1 aromatic rings. The Morgan fingerprint density at radius 3 is 2.89 bits per heavy atom. The van der Waals surface area contributed by atoms with Crippen molar-refractivity contribution in [1.82, 2.24) is 5.32 Å². The summed E-state index contributed by atoms with van der Waals surface area (Å²) in [5.74, 6) is 0.988. The second-order valence-electron chi connectivity index (χ2n) is 4.96. The van der Waals surface area contributed by atoms with Gasteiger partial charge in [-0.25, -0.2) is 0 Å². The lowest BCUT2D eigenvalue weighted by atomic mass is 10.2. The summed E-state index contributed by atoms with van der Waals surface area (Å²) >= 11 is 3.60. The second-order valence-corrected chi connectivity index (χ2v) is 5.82. The van der Waals surface area contributed by atoms with E-state index in [1.54, 1.807) is 0 Å². The van der Waals surface area contributed by atoms with E-state index < -0.39 is 0 Å². The smallest absolute Gasteiger partial charge is 0.119 e. The highest BCUT2D eigenvalue weighted by Gasteiger charge is 2.20. The number of halogens is 1. The molecule has 3 heteroatoms. The van der Waals surface area contributed by atoms with Crippen molar-refractivity contribution in [2.45, 2.75) is 51.6 Å². The van der Waals surface area contributed by atoms with Gasteiger partial charge in [-0.15, -0.1) is 0 Å². The molecule has 0 unspecified atom stereocenters. The Bertz CT molecular complexity index is 377. The highest BCUT2D eigenvalue weighted by Crippen LogP contribution is 2.25. The van der Waals surface area contributed by atoms with Crippen molar-refractivity contribution in [2.75, 3.05) is 6.61 Å². The van der Waals surface area contributed by atoms with Crippen LogP contribution >= 0.6 is 15.9 Å². The van der Waals surface area contributed by atoms with Gasteiger partial charge in [0, 0.05) is 17.1 Å². The molecule has 0 spiro atoms. The molecule has 1 N–H and O–H groups in total. The van der Waals surface area contributed by atoms with Crippen LogP contribution in [0.15, 0.2) is 22.7 Å². The minimum absolute atomic E-state index is 0.742. The number of rotatable bonds is 8. The molecule has 0 bridgehead atoms. The molecule has 1 aliphatic carbocycles. The second kappa shape index (κ2) is 7.15. The topological polar surface area (TPSA) is 21.3 Å². The fourth-order valence-corrected chi connectivity index (χ4v) is 2.25. The SMILES string of the molecule is CCCCCOc1ccc(Br)c(CNC2CC2)c1. The monoisotopic (exact) mass is 311 g/mol. The van der Waals surface area contributed by atoms with Gasteiger partial charge in [-0.1, -0.05) is 35.7 Å². The number of unbranched alkanes of at least 4 members (excludes halogenated alkanes) is 2. The predicted octanol–water partition coefficient (Wildman–Crippen LogP) is 4.27. The minimum atomic E-state index is 0.742. The highest BCUT2D eigenvalue weighted by molar-refractivity contribution is 9.10.